The van der Waals surface area contributed by atoms with Crippen LogP contribution in [0.2, 0.25) is 0 Å². The fraction of sp³-hybridized carbons (Fsp3) is 0.400. The Labute approximate surface area is 127 Å². The van der Waals surface area contributed by atoms with Crippen LogP contribution in [0.4, 0.5) is 0 Å². The van der Waals surface area contributed by atoms with Gasteiger partial charge in [0.25, 0.3) is 0 Å². The lowest BCUT2D eigenvalue weighted by Crippen LogP contribution is -2.29. The highest BCUT2D eigenvalue weighted by Gasteiger charge is 2.16. The Morgan fingerprint density at radius 1 is 1.20 bits per heavy atom. The lowest BCUT2D eigenvalue weighted by Gasteiger charge is -2.22. The molecule has 5 heteroatoms. The van der Waals surface area contributed by atoms with Crippen molar-refractivity contribution in [2.24, 2.45) is 0 Å². The fourth-order valence-corrected chi connectivity index (χ4v) is 3.34. The number of thiophene rings is 2. The second kappa shape index (κ2) is 7.57. The van der Waals surface area contributed by atoms with E-state index in [0.29, 0.717) is 25.9 Å². The van der Waals surface area contributed by atoms with Gasteiger partial charge in [-0.25, -0.2) is 0 Å². The average molecular weight is 309 g/mol. The van der Waals surface area contributed by atoms with Crippen molar-refractivity contribution in [3.05, 3.63) is 44.8 Å². The first kappa shape index (κ1) is 15.2. The largest absolute Gasteiger partial charge is 0.393 e. The van der Waals surface area contributed by atoms with Crippen LogP contribution < -0.4 is 0 Å². The number of carbonyl (C=O) groups is 1. The van der Waals surface area contributed by atoms with Crippen molar-refractivity contribution in [3.8, 4) is 0 Å². The molecule has 0 saturated carbocycles. The highest BCUT2D eigenvalue weighted by Crippen LogP contribution is 2.18. The highest BCUT2D eigenvalue weighted by atomic mass is 32.1. The van der Waals surface area contributed by atoms with Crippen LogP contribution in [0.1, 0.15) is 29.5 Å². The van der Waals surface area contributed by atoms with E-state index in [9.17, 15) is 9.90 Å². The maximum atomic E-state index is 12.3. The van der Waals surface area contributed by atoms with Crippen molar-refractivity contribution >= 4 is 28.6 Å². The van der Waals surface area contributed by atoms with Gasteiger partial charge in [0.15, 0.2) is 0 Å². The predicted molar refractivity (Wildman–Crippen MR) is 83.8 cm³/mol. The summed E-state index contributed by atoms with van der Waals surface area (Å²) in [4.78, 5) is 16.6. The standard InChI is InChI=1S/C15H19NO2S2/c1-12(17)6-7-15(18)16(10-13-4-2-8-19-13)11-14-5-3-9-20-14/h2-5,8-9,12,17H,6-7,10-11H2,1H3. The number of rotatable bonds is 7. The van der Waals surface area contributed by atoms with E-state index in [4.69, 9.17) is 0 Å². The van der Waals surface area contributed by atoms with Crippen molar-refractivity contribution in [1.82, 2.24) is 4.90 Å². The molecule has 0 aliphatic carbocycles. The molecule has 0 saturated heterocycles. The summed E-state index contributed by atoms with van der Waals surface area (Å²) >= 11 is 3.33. The molecule has 0 bridgehead atoms. The van der Waals surface area contributed by atoms with Crippen LogP contribution in [0.25, 0.3) is 0 Å². The van der Waals surface area contributed by atoms with Crippen LogP contribution in [0, 0.1) is 0 Å². The normalized spacial score (nSPS) is 12.3. The van der Waals surface area contributed by atoms with Crippen LogP contribution in [0.5, 0.6) is 0 Å². The Hall–Kier alpha value is -1.17. The van der Waals surface area contributed by atoms with Crippen molar-refractivity contribution in [2.45, 2.75) is 39.0 Å². The summed E-state index contributed by atoms with van der Waals surface area (Å²) in [6.07, 6.45) is 0.489. The van der Waals surface area contributed by atoms with Gasteiger partial charge in [-0.15, -0.1) is 22.7 Å². The van der Waals surface area contributed by atoms with Crippen LogP contribution in [0.15, 0.2) is 35.0 Å². The van der Waals surface area contributed by atoms with Gasteiger partial charge in [-0.2, -0.15) is 0 Å². The number of aliphatic hydroxyl groups excluding tert-OH is 1. The van der Waals surface area contributed by atoms with Gasteiger partial charge in [0.1, 0.15) is 0 Å². The van der Waals surface area contributed by atoms with Gasteiger partial charge >= 0.3 is 0 Å². The quantitative estimate of drug-likeness (QED) is 0.850. The molecule has 2 aromatic rings. The van der Waals surface area contributed by atoms with Crippen LogP contribution in [0.3, 0.4) is 0 Å². The SMILES string of the molecule is CC(O)CCC(=O)N(Cc1cccs1)Cc1cccs1. The third kappa shape index (κ3) is 4.74. The molecule has 0 radical (unpaired) electrons. The minimum Gasteiger partial charge on any atom is -0.393 e. The maximum Gasteiger partial charge on any atom is 0.223 e. The minimum absolute atomic E-state index is 0.104. The van der Waals surface area contributed by atoms with Gasteiger partial charge in [-0.05, 0) is 36.2 Å². The van der Waals surface area contributed by atoms with Gasteiger partial charge in [0, 0.05) is 16.2 Å². The monoisotopic (exact) mass is 309 g/mol. The smallest absolute Gasteiger partial charge is 0.223 e. The molecule has 1 N–H and O–H groups in total. The predicted octanol–water partition coefficient (Wildman–Crippen LogP) is 3.50. The fourth-order valence-electron chi connectivity index (χ4n) is 1.90. The van der Waals surface area contributed by atoms with Gasteiger partial charge in [0.05, 0.1) is 19.2 Å². The van der Waals surface area contributed by atoms with Gasteiger partial charge in [-0.3, -0.25) is 4.79 Å². The molecule has 1 unspecified atom stereocenters. The Morgan fingerprint density at radius 3 is 2.15 bits per heavy atom. The molecule has 1 atom stereocenters. The van der Waals surface area contributed by atoms with Crippen molar-refractivity contribution < 1.29 is 9.90 Å². The molecule has 3 nitrogen and oxygen atoms in total. The first-order chi connectivity index (χ1) is 9.65. The zero-order chi connectivity index (χ0) is 14.4. The summed E-state index contributed by atoms with van der Waals surface area (Å²) in [5.41, 5.74) is 0. The Kier molecular flexibility index (Phi) is 5.76. The van der Waals surface area contributed by atoms with Crippen molar-refractivity contribution in [3.63, 3.8) is 0 Å². The van der Waals surface area contributed by atoms with E-state index in [1.54, 1.807) is 29.6 Å². The third-order valence-electron chi connectivity index (χ3n) is 2.98. The number of hydrogen-bond donors (Lipinski definition) is 1. The van der Waals surface area contributed by atoms with E-state index in [0.717, 1.165) is 0 Å². The van der Waals surface area contributed by atoms with Crippen LogP contribution in [-0.2, 0) is 17.9 Å². The summed E-state index contributed by atoms with van der Waals surface area (Å²) < 4.78 is 0. The van der Waals surface area contributed by atoms with E-state index < -0.39 is 6.10 Å². The highest BCUT2D eigenvalue weighted by molar-refractivity contribution is 7.10. The average Bonchev–Trinajstić information content (AvgIpc) is 3.08. The molecule has 0 spiro atoms. The van der Waals surface area contributed by atoms with Gasteiger partial charge < -0.3 is 10.0 Å². The molecule has 0 fully saturated rings. The van der Waals surface area contributed by atoms with E-state index in [-0.39, 0.29) is 5.91 Å². The van der Waals surface area contributed by atoms with Crippen molar-refractivity contribution in [1.29, 1.82) is 0 Å². The summed E-state index contributed by atoms with van der Waals surface area (Å²) in [5.74, 6) is 0.104. The second-order valence-electron chi connectivity index (χ2n) is 4.80. The first-order valence-electron chi connectivity index (χ1n) is 6.65. The molecule has 20 heavy (non-hydrogen) atoms. The lowest BCUT2D eigenvalue weighted by atomic mass is 10.2. The van der Waals surface area contributed by atoms with E-state index in [1.807, 2.05) is 39.9 Å². The molecule has 2 rings (SSSR count). The van der Waals surface area contributed by atoms with E-state index >= 15 is 0 Å². The molecule has 2 aromatic heterocycles. The Balaban J connectivity index is 2.00. The molecule has 108 valence electrons. The lowest BCUT2D eigenvalue weighted by molar-refractivity contribution is -0.132. The number of carbonyl (C=O) groups excluding carboxylic acids is 1. The third-order valence-corrected chi connectivity index (χ3v) is 4.70. The van der Waals surface area contributed by atoms with Gasteiger partial charge in [-0.1, -0.05) is 12.1 Å². The number of nitrogens with zero attached hydrogens (tertiary/aromatic N) is 1. The molecular weight excluding hydrogens is 290 g/mol. The summed E-state index contributed by atoms with van der Waals surface area (Å²) in [5, 5.41) is 13.4. The molecule has 0 aliphatic heterocycles. The topological polar surface area (TPSA) is 40.5 Å². The van der Waals surface area contributed by atoms with Crippen LogP contribution >= 0.6 is 22.7 Å². The molecular formula is C15H19NO2S2. The molecule has 2 heterocycles. The second-order valence-corrected chi connectivity index (χ2v) is 6.86. The Morgan fingerprint density at radius 2 is 1.75 bits per heavy atom. The zero-order valence-corrected chi connectivity index (χ0v) is 13.1. The zero-order valence-electron chi connectivity index (χ0n) is 11.5. The summed E-state index contributed by atoms with van der Waals surface area (Å²) in [7, 11) is 0. The number of hydrogen-bond acceptors (Lipinski definition) is 4. The molecule has 1 amide bonds. The number of aliphatic hydroxyl groups is 1. The van der Waals surface area contributed by atoms with Crippen molar-refractivity contribution in [2.75, 3.05) is 0 Å². The van der Waals surface area contributed by atoms with E-state index in [1.165, 1.54) is 9.75 Å². The summed E-state index contributed by atoms with van der Waals surface area (Å²) in [6, 6.07) is 8.11. The molecule has 0 aliphatic rings. The Bertz CT molecular complexity index is 470. The summed E-state index contributed by atoms with van der Waals surface area (Å²) in [6.45, 7) is 3.01. The minimum atomic E-state index is -0.427. The molecule has 0 aromatic carbocycles. The maximum absolute atomic E-state index is 12.3. The first-order valence-corrected chi connectivity index (χ1v) is 8.41. The number of amides is 1. The van der Waals surface area contributed by atoms with Crippen LogP contribution in [-0.4, -0.2) is 22.0 Å². The van der Waals surface area contributed by atoms with Gasteiger partial charge in [0.2, 0.25) is 5.91 Å². The van der Waals surface area contributed by atoms with E-state index in [2.05, 4.69) is 0 Å².